The van der Waals surface area contributed by atoms with Crippen molar-refractivity contribution in [2.24, 2.45) is 0 Å². The summed E-state index contributed by atoms with van der Waals surface area (Å²) in [6, 6.07) is 15.5. The number of hydrogen-bond donors (Lipinski definition) is 2. The molecule has 6 nitrogen and oxygen atoms in total. The standard InChI is InChI=1S/C22H24N4O2/c1-15-10-16(2)12-18(11-15)26-22(27)19-13-21(25-14-24-19)23-9-8-17-6-4-5-7-20(17)28-3/h4-7,10-14H,8-9H2,1-3H3,(H,26,27)(H,23,24,25). The van der Waals surface area contributed by atoms with Gasteiger partial charge in [-0.2, -0.15) is 0 Å². The third-order valence-electron chi connectivity index (χ3n) is 4.27. The predicted octanol–water partition coefficient (Wildman–Crippen LogP) is 4.01. The minimum atomic E-state index is -0.264. The monoisotopic (exact) mass is 376 g/mol. The molecule has 2 N–H and O–H groups in total. The first-order valence-electron chi connectivity index (χ1n) is 9.12. The minimum Gasteiger partial charge on any atom is -0.496 e. The van der Waals surface area contributed by atoms with Gasteiger partial charge in [0.2, 0.25) is 0 Å². The summed E-state index contributed by atoms with van der Waals surface area (Å²) in [6.45, 7) is 4.66. The van der Waals surface area contributed by atoms with Crippen LogP contribution in [0.25, 0.3) is 0 Å². The van der Waals surface area contributed by atoms with E-state index in [4.69, 9.17) is 4.74 Å². The number of rotatable bonds is 7. The lowest BCUT2D eigenvalue weighted by atomic mass is 10.1. The second kappa shape index (κ2) is 8.99. The molecule has 1 aromatic heterocycles. The average molecular weight is 376 g/mol. The van der Waals surface area contributed by atoms with Crippen LogP contribution in [0.3, 0.4) is 0 Å². The van der Waals surface area contributed by atoms with E-state index >= 15 is 0 Å². The van der Waals surface area contributed by atoms with E-state index in [0.29, 0.717) is 18.1 Å². The lowest BCUT2D eigenvalue weighted by Crippen LogP contribution is -2.15. The van der Waals surface area contributed by atoms with Crippen LogP contribution in [0, 0.1) is 13.8 Å². The number of benzene rings is 2. The van der Waals surface area contributed by atoms with E-state index in [9.17, 15) is 4.79 Å². The molecule has 0 aliphatic rings. The fourth-order valence-electron chi connectivity index (χ4n) is 3.05. The van der Waals surface area contributed by atoms with Gasteiger partial charge in [-0.05, 0) is 55.2 Å². The molecule has 1 amide bonds. The van der Waals surface area contributed by atoms with Crippen molar-refractivity contribution in [1.82, 2.24) is 9.97 Å². The normalized spacial score (nSPS) is 10.4. The molecule has 2 aromatic carbocycles. The molecule has 0 aliphatic carbocycles. The van der Waals surface area contributed by atoms with Crippen molar-refractivity contribution >= 4 is 17.4 Å². The summed E-state index contributed by atoms with van der Waals surface area (Å²) < 4.78 is 5.37. The Morgan fingerprint density at radius 3 is 2.54 bits per heavy atom. The summed E-state index contributed by atoms with van der Waals surface area (Å²) in [5, 5.41) is 6.13. The molecule has 0 unspecified atom stereocenters. The van der Waals surface area contributed by atoms with Gasteiger partial charge in [-0.15, -0.1) is 0 Å². The molecule has 0 saturated heterocycles. The van der Waals surface area contributed by atoms with Gasteiger partial charge in [-0.25, -0.2) is 9.97 Å². The summed E-state index contributed by atoms with van der Waals surface area (Å²) in [7, 11) is 1.66. The molecular formula is C22H24N4O2. The van der Waals surface area contributed by atoms with E-state index < -0.39 is 0 Å². The van der Waals surface area contributed by atoms with Crippen LogP contribution in [0.5, 0.6) is 5.75 Å². The number of nitrogens with one attached hydrogen (secondary N) is 2. The highest BCUT2D eigenvalue weighted by molar-refractivity contribution is 6.03. The Labute approximate surface area is 165 Å². The molecule has 0 saturated carbocycles. The van der Waals surface area contributed by atoms with Crippen LogP contribution in [-0.4, -0.2) is 29.5 Å². The van der Waals surface area contributed by atoms with E-state index in [1.807, 2.05) is 50.2 Å². The summed E-state index contributed by atoms with van der Waals surface area (Å²) in [6.07, 6.45) is 2.17. The fraction of sp³-hybridized carbons (Fsp3) is 0.227. The third-order valence-corrected chi connectivity index (χ3v) is 4.27. The number of aromatic nitrogens is 2. The van der Waals surface area contributed by atoms with Crippen molar-refractivity contribution in [2.75, 3.05) is 24.3 Å². The Kier molecular flexibility index (Phi) is 6.22. The van der Waals surface area contributed by atoms with Crippen molar-refractivity contribution < 1.29 is 9.53 Å². The lowest BCUT2D eigenvalue weighted by molar-refractivity contribution is 0.102. The number of carbonyl (C=O) groups is 1. The van der Waals surface area contributed by atoms with Gasteiger partial charge < -0.3 is 15.4 Å². The van der Waals surface area contributed by atoms with Crippen LogP contribution in [-0.2, 0) is 6.42 Å². The number of aryl methyl sites for hydroxylation is 2. The van der Waals surface area contributed by atoms with Crippen molar-refractivity contribution in [2.45, 2.75) is 20.3 Å². The number of ether oxygens (including phenoxy) is 1. The van der Waals surface area contributed by atoms with Crippen LogP contribution in [0.2, 0.25) is 0 Å². The first kappa shape index (κ1) is 19.4. The second-order valence-electron chi connectivity index (χ2n) is 6.61. The number of carbonyl (C=O) groups excluding carboxylic acids is 1. The van der Waals surface area contributed by atoms with Gasteiger partial charge in [0, 0.05) is 18.3 Å². The van der Waals surface area contributed by atoms with Gasteiger partial charge in [0.25, 0.3) is 5.91 Å². The zero-order valence-corrected chi connectivity index (χ0v) is 16.3. The van der Waals surface area contributed by atoms with Crippen LogP contribution in [0.1, 0.15) is 27.2 Å². The zero-order chi connectivity index (χ0) is 19.9. The SMILES string of the molecule is COc1ccccc1CCNc1cc(C(=O)Nc2cc(C)cc(C)c2)ncn1. The molecule has 28 heavy (non-hydrogen) atoms. The highest BCUT2D eigenvalue weighted by atomic mass is 16.5. The zero-order valence-electron chi connectivity index (χ0n) is 16.3. The molecule has 144 valence electrons. The molecule has 0 fully saturated rings. The minimum absolute atomic E-state index is 0.264. The first-order chi connectivity index (χ1) is 13.5. The number of nitrogens with zero attached hydrogens (tertiary/aromatic N) is 2. The van der Waals surface area contributed by atoms with Gasteiger partial charge in [0.1, 0.15) is 23.6 Å². The summed E-state index contributed by atoms with van der Waals surface area (Å²) >= 11 is 0. The van der Waals surface area contributed by atoms with E-state index in [-0.39, 0.29) is 5.91 Å². The first-order valence-corrected chi connectivity index (χ1v) is 9.12. The topological polar surface area (TPSA) is 76.1 Å². The van der Waals surface area contributed by atoms with Crippen LogP contribution >= 0.6 is 0 Å². The predicted molar refractivity (Wildman–Crippen MR) is 111 cm³/mol. The number of hydrogen-bond acceptors (Lipinski definition) is 5. The quantitative estimate of drug-likeness (QED) is 0.652. The molecule has 0 radical (unpaired) electrons. The maximum absolute atomic E-state index is 12.5. The van der Waals surface area contributed by atoms with Crippen LogP contribution in [0.15, 0.2) is 54.9 Å². The fourth-order valence-corrected chi connectivity index (χ4v) is 3.05. The molecule has 3 aromatic rings. The second-order valence-corrected chi connectivity index (χ2v) is 6.61. The van der Waals surface area contributed by atoms with E-state index in [1.165, 1.54) is 6.33 Å². The molecule has 6 heteroatoms. The summed E-state index contributed by atoms with van der Waals surface area (Å²) in [4.78, 5) is 20.8. The van der Waals surface area contributed by atoms with Crippen LogP contribution < -0.4 is 15.4 Å². The molecular weight excluding hydrogens is 352 g/mol. The Balaban J connectivity index is 1.62. The lowest BCUT2D eigenvalue weighted by Gasteiger charge is -2.10. The van der Waals surface area contributed by atoms with E-state index in [2.05, 4.69) is 26.7 Å². The molecule has 1 heterocycles. The van der Waals surface area contributed by atoms with E-state index in [0.717, 1.165) is 34.5 Å². The largest absolute Gasteiger partial charge is 0.496 e. The van der Waals surface area contributed by atoms with E-state index in [1.54, 1.807) is 13.2 Å². The van der Waals surface area contributed by atoms with Gasteiger partial charge >= 0.3 is 0 Å². The molecule has 3 rings (SSSR count). The maximum atomic E-state index is 12.5. The van der Waals surface area contributed by atoms with Crippen molar-refractivity contribution in [3.8, 4) is 5.75 Å². The van der Waals surface area contributed by atoms with Gasteiger partial charge in [0.05, 0.1) is 7.11 Å². The average Bonchev–Trinajstić information content (AvgIpc) is 2.68. The van der Waals surface area contributed by atoms with Crippen molar-refractivity contribution in [1.29, 1.82) is 0 Å². The number of anilines is 2. The highest BCUT2D eigenvalue weighted by Gasteiger charge is 2.10. The number of para-hydroxylation sites is 1. The summed E-state index contributed by atoms with van der Waals surface area (Å²) in [5.74, 6) is 1.20. The van der Waals surface area contributed by atoms with Gasteiger partial charge in [-0.1, -0.05) is 24.3 Å². The van der Waals surface area contributed by atoms with Crippen molar-refractivity contribution in [3.63, 3.8) is 0 Å². The Morgan fingerprint density at radius 1 is 1.04 bits per heavy atom. The number of methoxy groups -OCH3 is 1. The van der Waals surface area contributed by atoms with Crippen molar-refractivity contribution in [3.05, 3.63) is 77.2 Å². The summed E-state index contributed by atoms with van der Waals surface area (Å²) in [5.41, 5.74) is 4.37. The Hall–Kier alpha value is -3.41. The smallest absolute Gasteiger partial charge is 0.274 e. The molecule has 0 spiro atoms. The molecule has 0 bridgehead atoms. The van der Waals surface area contributed by atoms with Gasteiger partial charge in [0.15, 0.2) is 0 Å². The molecule has 0 aliphatic heterocycles. The highest BCUT2D eigenvalue weighted by Crippen LogP contribution is 2.18. The molecule has 0 atom stereocenters. The van der Waals surface area contributed by atoms with Crippen LogP contribution in [0.4, 0.5) is 11.5 Å². The Bertz CT molecular complexity index is 952. The Morgan fingerprint density at radius 2 is 1.79 bits per heavy atom. The number of amides is 1. The van der Waals surface area contributed by atoms with Gasteiger partial charge in [-0.3, -0.25) is 4.79 Å². The third kappa shape index (κ3) is 5.07. The maximum Gasteiger partial charge on any atom is 0.274 e.